The first-order valence-electron chi connectivity index (χ1n) is 7.86. The molecule has 0 bridgehead atoms. The van der Waals surface area contributed by atoms with Gasteiger partial charge >= 0.3 is 0 Å². The third-order valence-electron chi connectivity index (χ3n) is 4.28. The first kappa shape index (κ1) is 14.8. The van der Waals surface area contributed by atoms with Crippen molar-refractivity contribution in [1.29, 1.82) is 0 Å². The zero-order valence-corrected chi connectivity index (χ0v) is 13.5. The van der Waals surface area contributed by atoms with Gasteiger partial charge in [-0.3, -0.25) is 5.10 Å². The molecule has 2 aromatic heterocycles. The van der Waals surface area contributed by atoms with E-state index in [1.807, 2.05) is 6.20 Å². The molecule has 2 N–H and O–H groups in total. The van der Waals surface area contributed by atoms with E-state index in [1.54, 1.807) is 11.3 Å². The number of H-pyrrole nitrogens is 1. The summed E-state index contributed by atoms with van der Waals surface area (Å²) in [6.07, 6.45) is 4.64. The number of nitrogens with one attached hydrogen (secondary N) is 2. The van der Waals surface area contributed by atoms with Gasteiger partial charge in [0.05, 0.1) is 16.8 Å². The van der Waals surface area contributed by atoms with Crippen LogP contribution in [0.5, 0.6) is 0 Å². The second-order valence-corrected chi connectivity index (χ2v) is 6.73. The number of thiophene rings is 1. The molecule has 3 heterocycles. The average molecular weight is 304 g/mol. The third kappa shape index (κ3) is 3.73. The zero-order chi connectivity index (χ0) is 14.5. The normalized spacial score (nSPS) is 20.0. The molecule has 1 atom stereocenters. The van der Waals surface area contributed by atoms with E-state index in [1.165, 1.54) is 42.9 Å². The molecule has 1 fully saturated rings. The molecule has 0 aromatic carbocycles. The first-order chi connectivity index (χ1) is 10.4. The predicted octanol–water partition coefficient (Wildman–Crippen LogP) is 2.96. The summed E-state index contributed by atoms with van der Waals surface area (Å²) in [5, 5.41) is 13.1. The fraction of sp³-hybridized carbons (Fsp3) is 0.562. The van der Waals surface area contributed by atoms with Crippen LogP contribution < -0.4 is 5.32 Å². The van der Waals surface area contributed by atoms with Crippen molar-refractivity contribution in [2.24, 2.45) is 5.92 Å². The summed E-state index contributed by atoms with van der Waals surface area (Å²) in [5.74, 6) is 0.788. The van der Waals surface area contributed by atoms with Gasteiger partial charge in [-0.15, -0.1) is 11.3 Å². The van der Waals surface area contributed by atoms with Crippen LogP contribution in [0.15, 0.2) is 23.7 Å². The molecule has 0 amide bonds. The number of piperidine rings is 1. The van der Waals surface area contributed by atoms with Crippen molar-refractivity contribution in [2.45, 2.75) is 26.3 Å². The van der Waals surface area contributed by atoms with E-state index in [9.17, 15) is 0 Å². The minimum atomic E-state index is 0.788. The van der Waals surface area contributed by atoms with Crippen LogP contribution in [0.3, 0.4) is 0 Å². The van der Waals surface area contributed by atoms with Crippen molar-refractivity contribution < 1.29 is 0 Å². The Bertz CT molecular complexity index is 534. The van der Waals surface area contributed by atoms with E-state index in [2.05, 4.69) is 44.9 Å². The van der Waals surface area contributed by atoms with Crippen molar-refractivity contribution in [2.75, 3.05) is 26.2 Å². The number of likely N-dealkylation sites (tertiary alicyclic amines) is 1. The van der Waals surface area contributed by atoms with Gasteiger partial charge in [0.2, 0.25) is 0 Å². The maximum atomic E-state index is 4.20. The van der Waals surface area contributed by atoms with Crippen molar-refractivity contribution >= 4 is 11.3 Å². The van der Waals surface area contributed by atoms with Crippen LogP contribution in [0.4, 0.5) is 0 Å². The number of hydrogen-bond acceptors (Lipinski definition) is 4. The summed E-state index contributed by atoms with van der Waals surface area (Å²) in [4.78, 5) is 3.82. The van der Waals surface area contributed by atoms with E-state index < -0.39 is 0 Å². The molecule has 0 saturated carbocycles. The molecule has 1 aliphatic heterocycles. The summed E-state index contributed by atoms with van der Waals surface area (Å²) in [5.41, 5.74) is 2.43. The van der Waals surface area contributed by atoms with Crippen LogP contribution in [-0.2, 0) is 6.54 Å². The van der Waals surface area contributed by atoms with Crippen LogP contribution in [0.25, 0.3) is 10.6 Å². The fourth-order valence-electron chi connectivity index (χ4n) is 3.10. The van der Waals surface area contributed by atoms with E-state index >= 15 is 0 Å². The quantitative estimate of drug-likeness (QED) is 0.862. The second-order valence-electron chi connectivity index (χ2n) is 5.78. The number of nitrogens with zero attached hydrogens (tertiary/aromatic N) is 2. The Kier molecular flexibility index (Phi) is 5.06. The number of aromatic nitrogens is 2. The van der Waals surface area contributed by atoms with Crippen LogP contribution in [0, 0.1) is 5.92 Å². The van der Waals surface area contributed by atoms with Crippen molar-refractivity contribution in [3.63, 3.8) is 0 Å². The molecule has 4 nitrogen and oxygen atoms in total. The average Bonchev–Trinajstić information content (AvgIpc) is 3.18. The van der Waals surface area contributed by atoms with Gasteiger partial charge in [-0.2, -0.15) is 5.10 Å². The summed E-state index contributed by atoms with van der Waals surface area (Å²) < 4.78 is 0. The van der Waals surface area contributed by atoms with E-state index in [0.717, 1.165) is 24.7 Å². The molecule has 1 saturated heterocycles. The second kappa shape index (κ2) is 7.20. The Morgan fingerprint density at radius 1 is 1.52 bits per heavy atom. The Hall–Kier alpha value is -1.17. The van der Waals surface area contributed by atoms with Crippen LogP contribution in [0.2, 0.25) is 0 Å². The van der Waals surface area contributed by atoms with E-state index in [0.29, 0.717) is 0 Å². The standard InChI is InChI=1S/C16H24N4S/c1-2-20-7-3-5-13(12-20)9-17-10-14-11-18-19-16(14)15-6-4-8-21-15/h4,6,8,11,13,17H,2-3,5,7,9-10,12H2,1H3,(H,18,19). The molecule has 5 heteroatoms. The lowest BCUT2D eigenvalue weighted by Crippen LogP contribution is -2.39. The molecular formula is C16H24N4S. The number of rotatable bonds is 6. The minimum Gasteiger partial charge on any atom is -0.312 e. The SMILES string of the molecule is CCN1CCCC(CNCc2cn[nH]c2-c2cccs2)C1. The largest absolute Gasteiger partial charge is 0.312 e. The Balaban J connectivity index is 1.51. The van der Waals surface area contributed by atoms with E-state index in [4.69, 9.17) is 0 Å². The Labute approximate surface area is 130 Å². The molecule has 2 aromatic rings. The number of aromatic amines is 1. The maximum absolute atomic E-state index is 4.20. The first-order valence-corrected chi connectivity index (χ1v) is 8.74. The van der Waals surface area contributed by atoms with Gasteiger partial charge in [0.1, 0.15) is 0 Å². The Morgan fingerprint density at radius 2 is 2.48 bits per heavy atom. The van der Waals surface area contributed by atoms with E-state index in [-0.39, 0.29) is 0 Å². The summed E-state index contributed by atoms with van der Waals surface area (Å²) in [6.45, 7) is 7.96. The van der Waals surface area contributed by atoms with Crippen LogP contribution in [-0.4, -0.2) is 41.3 Å². The summed E-state index contributed by atoms with van der Waals surface area (Å²) in [6, 6.07) is 4.22. The maximum Gasteiger partial charge on any atom is 0.0794 e. The summed E-state index contributed by atoms with van der Waals surface area (Å²) >= 11 is 1.75. The Morgan fingerprint density at radius 3 is 3.29 bits per heavy atom. The molecule has 0 spiro atoms. The van der Waals surface area contributed by atoms with Gasteiger partial charge in [-0.1, -0.05) is 13.0 Å². The van der Waals surface area contributed by atoms with Gasteiger partial charge in [0.25, 0.3) is 0 Å². The highest BCUT2D eigenvalue weighted by Gasteiger charge is 2.18. The fourth-order valence-corrected chi connectivity index (χ4v) is 3.85. The lowest BCUT2D eigenvalue weighted by molar-refractivity contribution is 0.180. The van der Waals surface area contributed by atoms with Crippen molar-refractivity contribution in [1.82, 2.24) is 20.4 Å². The number of hydrogen-bond donors (Lipinski definition) is 2. The zero-order valence-electron chi connectivity index (χ0n) is 12.6. The monoisotopic (exact) mass is 304 g/mol. The molecule has 0 aliphatic carbocycles. The molecule has 114 valence electrons. The molecule has 1 aliphatic rings. The highest BCUT2D eigenvalue weighted by molar-refractivity contribution is 7.13. The van der Waals surface area contributed by atoms with Gasteiger partial charge in [-0.05, 0) is 49.8 Å². The highest BCUT2D eigenvalue weighted by Crippen LogP contribution is 2.25. The predicted molar refractivity (Wildman–Crippen MR) is 88.4 cm³/mol. The molecule has 21 heavy (non-hydrogen) atoms. The lowest BCUT2D eigenvalue weighted by atomic mass is 9.98. The third-order valence-corrected chi connectivity index (χ3v) is 5.17. The van der Waals surface area contributed by atoms with Gasteiger partial charge in [0.15, 0.2) is 0 Å². The van der Waals surface area contributed by atoms with Crippen molar-refractivity contribution in [3.8, 4) is 10.6 Å². The highest BCUT2D eigenvalue weighted by atomic mass is 32.1. The topological polar surface area (TPSA) is 44.0 Å². The molecule has 0 radical (unpaired) electrons. The molecule has 3 rings (SSSR count). The lowest BCUT2D eigenvalue weighted by Gasteiger charge is -2.31. The minimum absolute atomic E-state index is 0.788. The van der Waals surface area contributed by atoms with Crippen LogP contribution in [0.1, 0.15) is 25.3 Å². The smallest absolute Gasteiger partial charge is 0.0794 e. The van der Waals surface area contributed by atoms with Gasteiger partial charge in [-0.25, -0.2) is 0 Å². The summed E-state index contributed by atoms with van der Waals surface area (Å²) in [7, 11) is 0. The molecule has 1 unspecified atom stereocenters. The van der Waals surface area contributed by atoms with Crippen LogP contribution >= 0.6 is 11.3 Å². The van der Waals surface area contributed by atoms with Gasteiger partial charge in [0, 0.05) is 18.7 Å². The molecular weight excluding hydrogens is 280 g/mol. The van der Waals surface area contributed by atoms with Crippen molar-refractivity contribution in [3.05, 3.63) is 29.3 Å². The van der Waals surface area contributed by atoms with Gasteiger partial charge < -0.3 is 10.2 Å².